The number of imidazole rings is 1. The van der Waals surface area contributed by atoms with Crippen molar-refractivity contribution in [1.29, 1.82) is 5.26 Å². The van der Waals surface area contributed by atoms with E-state index in [1.807, 2.05) is 0 Å². The van der Waals surface area contributed by atoms with Gasteiger partial charge in [0, 0.05) is 38.7 Å². The number of nitriles is 1. The Morgan fingerprint density at radius 3 is 2.63 bits per heavy atom. The molecular formula is C24H27ClF4N6O2Si. The smallest absolute Gasteiger partial charge is 0.361 e. The summed E-state index contributed by atoms with van der Waals surface area (Å²) in [7, 11) is -1.41. The predicted octanol–water partition coefficient (Wildman–Crippen LogP) is 5.56. The molecule has 0 aliphatic carbocycles. The third-order valence-corrected chi connectivity index (χ3v) is 7.42. The van der Waals surface area contributed by atoms with Crippen molar-refractivity contribution in [3.05, 3.63) is 58.5 Å². The van der Waals surface area contributed by atoms with Crippen LogP contribution >= 0.6 is 11.6 Å². The fourth-order valence-electron chi connectivity index (χ4n) is 3.46. The van der Waals surface area contributed by atoms with E-state index in [0.717, 1.165) is 22.9 Å². The van der Waals surface area contributed by atoms with Gasteiger partial charge >= 0.3 is 6.18 Å². The highest BCUT2D eigenvalue weighted by molar-refractivity contribution is 6.76. The number of carbonyl (C=O) groups is 1. The molecule has 0 spiro atoms. The Morgan fingerprint density at radius 2 is 2.03 bits per heavy atom. The number of aromatic nitrogens is 4. The van der Waals surface area contributed by atoms with E-state index in [-0.39, 0.29) is 29.6 Å². The summed E-state index contributed by atoms with van der Waals surface area (Å²) in [5, 5.41) is 15.8. The second kappa shape index (κ2) is 11.7. The monoisotopic (exact) mass is 570 g/mol. The largest absolute Gasteiger partial charge is 0.449 e. The fraction of sp³-hybridized carbons (Fsp3) is 0.417. The Labute approximate surface area is 223 Å². The maximum absolute atomic E-state index is 14.1. The van der Waals surface area contributed by atoms with Gasteiger partial charge in [0.15, 0.2) is 0 Å². The first kappa shape index (κ1) is 29.3. The molecule has 0 bridgehead atoms. The molecule has 3 aromatic rings. The van der Waals surface area contributed by atoms with E-state index < -0.39 is 37.8 Å². The number of amides is 1. The maximum Gasteiger partial charge on any atom is 0.449 e. The average Bonchev–Trinajstić information content (AvgIpc) is 3.43. The van der Waals surface area contributed by atoms with Gasteiger partial charge in [-0.25, -0.2) is 9.37 Å². The number of halogens is 5. The molecule has 0 fully saturated rings. The highest BCUT2D eigenvalue weighted by Crippen LogP contribution is 2.29. The Kier molecular flexibility index (Phi) is 9.01. The van der Waals surface area contributed by atoms with Crippen molar-refractivity contribution >= 4 is 25.6 Å². The van der Waals surface area contributed by atoms with E-state index in [2.05, 4.69) is 35.0 Å². The van der Waals surface area contributed by atoms with Gasteiger partial charge in [0.05, 0.1) is 17.3 Å². The standard InChI is InChI=1S/C24H27ClF4N6O2Si/c1-15(12-35-6-5-20(33-35)16-9-18(25)17(11-30)19(26)10-16)31-22(36)21-13-34(23(32-21)24(27,28)29)14-37-7-8-38(2,3)4/h5-6,9-10,13,15H,7-8,12,14H2,1-4H3,(H,31,36)/t15-/m0/s1. The van der Waals surface area contributed by atoms with Crippen LogP contribution in [0.3, 0.4) is 0 Å². The van der Waals surface area contributed by atoms with Gasteiger partial charge in [0.1, 0.15) is 29.9 Å². The summed E-state index contributed by atoms with van der Waals surface area (Å²) in [5.41, 5.74) is 0.0954. The molecule has 0 saturated carbocycles. The second-order valence-corrected chi connectivity index (χ2v) is 16.0. The van der Waals surface area contributed by atoms with Crippen molar-refractivity contribution in [3.63, 3.8) is 0 Å². The number of benzene rings is 1. The van der Waals surface area contributed by atoms with Crippen molar-refractivity contribution in [2.24, 2.45) is 0 Å². The summed E-state index contributed by atoms with van der Waals surface area (Å²) < 4.78 is 62.2. The van der Waals surface area contributed by atoms with Crippen LogP contribution in [0.4, 0.5) is 17.6 Å². The third kappa shape index (κ3) is 7.65. The van der Waals surface area contributed by atoms with Gasteiger partial charge in [-0.15, -0.1) is 0 Å². The number of ether oxygens (including phenoxy) is 1. The number of alkyl halides is 3. The predicted molar refractivity (Wildman–Crippen MR) is 136 cm³/mol. The van der Waals surface area contributed by atoms with Gasteiger partial charge in [-0.1, -0.05) is 31.2 Å². The van der Waals surface area contributed by atoms with Crippen LogP contribution in [-0.4, -0.2) is 46.0 Å². The summed E-state index contributed by atoms with van der Waals surface area (Å²) in [4.78, 5) is 16.2. The first-order valence-electron chi connectivity index (χ1n) is 11.6. The molecule has 38 heavy (non-hydrogen) atoms. The Hall–Kier alpha value is -3.21. The zero-order chi connectivity index (χ0) is 28.3. The molecule has 1 atom stereocenters. The summed E-state index contributed by atoms with van der Waals surface area (Å²) in [6.07, 6.45) is -2.14. The second-order valence-electron chi connectivity index (χ2n) is 9.99. The Morgan fingerprint density at radius 1 is 1.32 bits per heavy atom. The zero-order valence-electron chi connectivity index (χ0n) is 21.2. The van der Waals surface area contributed by atoms with Crippen molar-refractivity contribution in [2.75, 3.05) is 6.61 Å². The lowest BCUT2D eigenvalue weighted by atomic mass is 10.1. The molecule has 204 valence electrons. The van der Waals surface area contributed by atoms with Crippen molar-refractivity contribution in [1.82, 2.24) is 24.6 Å². The molecule has 2 aromatic heterocycles. The zero-order valence-corrected chi connectivity index (χ0v) is 23.0. The molecule has 0 aliphatic heterocycles. The van der Waals surface area contributed by atoms with Crippen LogP contribution in [0.2, 0.25) is 30.7 Å². The lowest BCUT2D eigenvalue weighted by Crippen LogP contribution is -2.36. The first-order valence-corrected chi connectivity index (χ1v) is 15.7. The minimum absolute atomic E-state index is 0.0446. The molecular weight excluding hydrogens is 544 g/mol. The van der Waals surface area contributed by atoms with E-state index in [1.54, 1.807) is 25.3 Å². The lowest BCUT2D eigenvalue weighted by Gasteiger charge is -2.16. The Balaban J connectivity index is 1.66. The maximum atomic E-state index is 14.1. The normalized spacial score (nSPS) is 12.8. The third-order valence-electron chi connectivity index (χ3n) is 5.42. The highest BCUT2D eigenvalue weighted by atomic mass is 35.5. The molecule has 3 rings (SSSR count). The summed E-state index contributed by atoms with van der Waals surface area (Å²) in [6.45, 7) is 8.16. The number of nitrogens with one attached hydrogen (secondary N) is 1. The molecule has 2 heterocycles. The molecule has 0 aliphatic rings. The summed E-state index contributed by atoms with van der Waals surface area (Å²) in [6, 6.07) is 6.11. The minimum Gasteiger partial charge on any atom is -0.361 e. The number of hydrogen-bond donors (Lipinski definition) is 1. The fourth-order valence-corrected chi connectivity index (χ4v) is 4.47. The molecule has 0 unspecified atom stereocenters. The number of nitrogens with zero attached hydrogens (tertiary/aromatic N) is 5. The lowest BCUT2D eigenvalue weighted by molar-refractivity contribution is -0.149. The van der Waals surface area contributed by atoms with Crippen LogP contribution < -0.4 is 5.32 Å². The molecule has 1 N–H and O–H groups in total. The summed E-state index contributed by atoms with van der Waals surface area (Å²) >= 11 is 5.96. The minimum atomic E-state index is -4.76. The van der Waals surface area contributed by atoms with Gasteiger partial charge in [-0.3, -0.25) is 9.48 Å². The quantitative estimate of drug-likeness (QED) is 0.195. The number of hydrogen-bond acceptors (Lipinski definition) is 5. The van der Waals surface area contributed by atoms with E-state index in [9.17, 15) is 22.4 Å². The molecule has 1 aromatic carbocycles. The highest BCUT2D eigenvalue weighted by Gasteiger charge is 2.38. The molecule has 0 saturated heterocycles. The van der Waals surface area contributed by atoms with Gasteiger partial charge < -0.3 is 14.6 Å². The van der Waals surface area contributed by atoms with E-state index in [1.165, 1.54) is 10.7 Å². The average molecular weight is 571 g/mol. The van der Waals surface area contributed by atoms with Crippen LogP contribution in [0.5, 0.6) is 0 Å². The van der Waals surface area contributed by atoms with Crippen LogP contribution in [0, 0.1) is 17.1 Å². The van der Waals surface area contributed by atoms with E-state index in [0.29, 0.717) is 17.9 Å². The van der Waals surface area contributed by atoms with Crippen LogP contribution in [0.1, 0.15) is 28.8 Å². The molecule has 14 heteroatoms. The number of carbonyl (C=O) groups excluding carboxylic acids is 1. The van der Waals surface area contributed by atoms with Crippen molar-refractivity contribution < 1.29 is 27.1 Å². The first-order chi connectivity index (χ1) is 17.7. The molecule has 1 amide bonds. The SMILES string of the molecule is C[C@@H](Cn1ccc(-c2cc(F)c(C#N)c(Cl)c2)n1)NC(=O)c1cn(COCC[Si](C)(C)C)c(C(F)(F)F)n1. The van der Waals surface area contributed by atoms with Gasteiger partial charge in [0.2, 0.25) is 5.82 Å². The van der Waals surface area contributed by atoms with Gasteiger partial charge in [0.25, 0.3) is 5.91 Å². The molecule has 8 nitrogen and oxygen atoms in total. The molecule has 0 radical (unpaired) electrons. The van der Waals surface area contributed by atoms with Gasteiger partial charge in [-0.05, 0) is 31.2 Å². The van der Waals surface area contributed by atoms with Crippen LogP contribution in [0.15, 0.2) is 30.6 Å². The number of rotatable bonds is 10. The van der Waals surface area contributed by atoms with Crippen molar-refractivity contribution in [3.8, 4) is 17.3 Å². The van der Waals surface area contributed by atoms with E-state index >= 15 is 0 Å². The van der Waals surface area contributed by atoms with Crippen molar-refractivity contribution in [2.45, 2.75) is 58.1 Å². The Bertz CT molecular complexity index is 1320. The van der Waals surface area contributed by atoms with Crippen LogP contribution in [-0.2, 0) is 24.2 Å². The topological polar surface area (TPSA) is 97.8 Å². The van der Waals surface area contributed by atoms with Crippen LogP contribution in [0.25, 0.3) is 11.3 Å². The summed E-state index contributed by atoms with van der Waals surface area (Å²) in [5.74, 6) is -2.77. The van der Waals surface area contributed by atoms with E-state index in [4.69, 9.17) is 21.6 Å². The van der Waals surface area contributed by atoms with Gasteiger partial charge in [-0.2, -0.15) is 23.5 Å².